The van der Waals surface area contributed by atoms with Gasteiger partial charge in [0.05, 0.1) is 11.0 Å². The average Bonchev–Trinajstić information content (AvgIpc) is 2.98. The van der Waals surface area contributed by atoms with E-state index in [4.69, 9.17) is 9.47 Å². The van der Waals surface area contributed by atoms with E-state index >= 15 is 0 Å². The average molecular weight is 358 g/mol. The Morgan fingerprint density at radius 2 is 1.85 bits per heavy atom. The molecule has 0 saturated carbocycles. The molecule has 0 aliphatic carbocycles. The molecule has 142 valence electrons. The molecule has 1 aromatic carbocycles. The summed E-state index contributed by atoms with van der Waals surface area (Å²) in [7, 11) is 1.82. The van der Waals surface area contributed by atoms with Crippen molar-refractivity contribution in [2.75, 3.05) is 39.8 Å². The summed E-state index contributed by atoms with van der Waals surface area (Å²) in [4.78, 5) is 14.9. The summed E-state index contributed by atoms with van der Waals surface area (Å²) in [6, 6.07) is 10.5. The first-order chi connectivity index (χ1) is 12.7. The van der Waals surface area contributed by atoms with Crippen LogP contribution in [0.1, 0.15) is 37.7 Å². The smallest absolute Gasteiger partial charge is 0.312 e. The van der Waals surface area contributed by atoms with Crippen molar-refractivity contribution >= 4 is 5.97 Å². The van der Waals surface area contributed by atoms with Crippen LogP contribution in [0.15, 0.2) is 30.3 Å². The lowest BCUT2D eigenvalue weighted by molar-refractivity contribution is -0.150. The fraction of sp³-hybridized carbons (Fsp3) is 0.667. The fourth-order valence-electron chi connectivity index (χ4n) is 4.99. The minimum Gasteiger partial charge on any atom is -0.461 e. The summed E-state index contributed by atoms with van der Waals surface area (Å²) < 4.78 is 11.8. The first-order valence-electron chi connectivity index (χ1n) is 9.91. The molecule has 0 bridgehead atoms. The predicted molar refractivity (Wildman–Crippen MR) is 99.8 cm³/mol. The number of hydrogen-bond acceptors (Lipinski definition) is 5. The lowest BCUT2D eigenvalue weighted by Crippen LogP contribution is -2.46. The Morgan fingerprint density at radius 3 is 2.50 bits per heavy atom. The van der Waals surface area contributed by atoms with E-state index in [1.807, 2.05) is 13.2 Å². The number of cyclic esters (lactones) is 1. The molecule has 1 atom stereocenters. The van der Waals surface area contributed by atoms with Gasteiger partial charge in [0.1, 0.15) is 6.10 Å². The van der Waals surface area contributed by atoms with Gasteiger partial charge in [-0.1, -0.05) is 30.3 Å². The third-order valence-corrected chi connectivity index (χ3v) is 6.70. The van der Waals surface area contributed by atoms with Crippen molar-refractivity contribution in [3.63, 3.8) is 0 Å². The highest BCUT2D eigenvalue weighted by Crippen LogP contribution is 2.42. The second kappa shape index (κ2) is 7.29. The van der Waals surface area contributed by atoms with Gasteiger partial charge in [0.15, 0.2) is 0 Å². The summed E-state index contributed by atoms with van der Waals surface area (Å²) >= 11 is 0. The van der Waals surface area contributed by atoms with Crippen molar-refractivity contribution in [3.8, 4) is 0 Å². The van der Waals surface area contributed by atoms with Crippen LogP contribution in [0.3, 0.4) is 0 Å². The van der Waals surface area contributed by atoms with Crippen LogP contribution in [-0.2, 0) is 19.9 Å². The molecule has 3 aliphatic rings. The molecule has 4 rings (SSSR count). The number of methoxy groups -OCH3 is 1. The highest BCUT2D eigenvalue weighted by molar-refractivity contribution is 5.79. The Hall–Kier alpha value is -1.43. The lowest BCUT2D eigenvalue weighted by atomic mass is 9.76. The monoisotopic (exact) mass is 358 g/mol. The zero-order valence-corrected chi connectivity index (χ0v) is 15.7. The van der Waals surface area contributed by atoms with Gasteiger partial charge in [-0.15, -0.1) is 0 Å². The molecular weight excluding hydrogens is 328 g/mol. The number of nitrogens with zero attached hydrogens (tertiary/aromatic N) is 1. The molecule has 0 radical (unpaired) electrons. The normalized spacial score (nSPS) is 28.2. The van der Waals surface area contributed by atoms with Crippen LogP contribution in [0, 0.1) is 5.41 Å². The van der Waals surface area contributed by atoms with Gasteiger partial charge in [0, 0.05) is 33.2 Å². The van der Waals surface area contributed by atoms with E-state index in [9.17, 15) is 4.79 Å². The molecule has 5 heteroatoms. The van der Waals surface area contributed by atoms with Gasteiger partial charge < -0.3 is 14.8 Å². The predicted octanol–water partition coefficient (Wildman–Crippen LogP) is 2.31. The molecule has 3 fully saturated rings. The molecule has 1 N–H and O–H groups in total. The Labute approximate surface area is 156 Å². The van der Waals surface area contributed by atoms with Crippen LogP contribution in [0.25, 0.3) is 0 Å². The lowest BCUT2D eigenvalue weighted by Gasteiger charge is -2.41. The standard InChI is InChI=1S/C21H30N2O3/c1-25-21(17-5-3-2-4-6-17)9-13-23(14-10-21)16-18-15-20(19(24)26-18)7-11-22-12-8-20/h2-6,18,22H,7-16H2,1H3. The van der Waals surface area contributed by atoms with Crippen molar-refractivity contribution in [3.05, 3.63) is 35.9 Å². The van der Waals surface area contributed by atoms with Gasteiger partial charge in [-0.05, 0) is 44.3 Å². The Bertz CT molecular complexity index is 619. The summed E-state index contributed by atoms with van der Waals surface area (Å²) in [5, 5.41) is 3.35. The molecule has 3 aliphatic heterocycles. The number of piperidine rings is 2. The second-order valence-corrected chi connectivity index (χ2v) is 8.13. The molecule has 5 nitrogen and oxygen atoms in total. The van der Waals surface area contributed by atoms with Gasteiger partial charge in [0.25, 0.3) is 0 Å². The van der Waals surface area contributed by atoms with Crippen molar-refractivity contribution in [2.24, 2.45) is 5.41 Å². The highest BCUT2D eigenvalue weighted by atomic mass is 16.6. The van der Waals surface area contributed by atoms with Crippen LogP contribution in [0.4, 0.5) is 0 Å². The SMILES string of the molecule is COC1(c2ccccc2)CCN(CC2CC3(CCNCC3)C(=O)O2)CC1. The van der Waals surface area contributed by atoms with Gasteiger partial charge in [-0.25, -0.2) is 0 Å². The maximum absolute atomic E-state index is 12.4. The molecule has 0 amide bonds. The van der Waals surface area contributed by atoms with Crippen LogP contribution in [0.5, 0.6) is 0 Å². The fourth-order valence-corrected chi connectivity index (χ4v) is 4.99. The maximum atomic E-state index is 12.4. The number of ether oxygens (including phenoxy) is 2. The second-order valence-electron chi connectivity index (χ2n) is 8.13. The molecule has 26 heavy (non-hydrogen) atoms. The van der Waals surface area contributed by atoms with Crippen molar-refractivity contribution < 1.29 is 14.3 Å². The molecular formula is C21H30N2O3. The Balaban J connectivity index is 1.35. The van der Waals surface area contributed by atoms with Crippen LogP contribution in [0.2, 0.25) is 0 Å². The maximum Gasteiger partial charge on any atom is 0.312 e. The topological polar surface area (TPSA) is 50.8 Å². The quantitative estimate of drug-likeness (QED) is 0.837. The minimum atomic E-state index is -0.216. The van der Waals surface area contributed by atoms with Crippen LogP contribution < -0.4 is 5.32 Å². The summed E-state index contributed by atoms with van der Waals surface area (Å²) in [5.74, 6) is 0.0385. The van der Waals surface area contributed by atoms with Crippen molar-refractivity contribution in [2.45, 2.75) is 43.8 Å². The Morgan fingerprint density at radius 1 is 1.15 bits per heavy atom. The number of carbonyl (C=O) groups excluding carboxylic acids is 1. The van der Waals surface area contributed by atoms with E-state index in [0.29, 0.717) is 0 Å². The molecule has 1 spiro atoms. The van der Waals surface area contributed by atoms with Gasteiger partial charge in [0.2, 0.25) is 0 Å². The molecule has 3 heterocycles. The third kappa shape index (κ3) is 3.28. The molecule has 1 aromatic rings. The number of carbonyl (C=O) groups is 1. The number of esters is 1. The van der Waals surface area contributed by atoms with Gasteiger partial charge in [-0.2, -0.15) is 0 Å². The summed E-state index contributed by atoms with van der Waals surface area (Å²) in [6.07, 6.45) is 4.73. The van der Waals surface area contributed by atoms with E-state index in [-0.39, 0.29) is 23.1 Å². The first-order valence-corrected chi connectivity index (χ1v) is 9.91. The number of likely N-dealkylation sites (tertiary alicyclic amines) is 1. The van der Waals surface area contributed by atoms with Crippen LogP contribution in [-0.4, -0.2) is 56.8 Å². The zero-order valence-electron chi connectivity index (χ0n) is 15.7. The van der Waals surface area contributed by atoms with Crippen LogP contribution >= 0.6 is 0 Å². The molecule has 1 unspecified atom stereocenters. The van der Waals surface area contributed by atoms with E-state index in [0.717, 1.165) is 64.8 Å². The summed E-state index contributed by atoms with van der Waals surface area (Å²) in [6.45, 7) is 4.67. The molecule has 0 aromatic heterocycles. The van der Waals surface area contributed by atoms with Gasteiger partial charge >= 0.3 is 5.97 Å². The largest absolute Gasteiger partial charge is 0.461 e. The molecule has 3 saturated heterocycles. The van der Waals surface area contributed by atoms with E-state index in [1.54, 1.807) is 0 Å². The van der Waals surface area contributed by atoms with E-state index < -0.39 is 0 Å². The van der Waals surface area contributed by atoms with Gasteiger partial charge in [-0.3, -0.25) is 9.69 Å². The Kier molecular flexibility index (Phi) is 5.04. The highest BCUT2D eigenvalue weighted by Gasteiger charge is 2.49. The van der Waals surface area contributed by atoms with Crippen molar-refractivity contribution in [1.82, 2.24) is 10.2 Å². The van der Waals surface area contributed by atoms with Crippen molar-refractivity contribution in [1.29, 1.82) is 0 Å². The minimum absolute atomic E-state index is 0.0385. The first kappa shape index (κ1) is 18.0. The van der Waals surface area contributed by atoms with E-state index in [2.05, 4.69) is 34.5 Å². The number of hydrogen-bond donors (Lipinski definition) is 1. The number of rotatable bonds is 4. The summed E-state index contributed by atoms with van der Waals surface area (Å²) in [5.41, 5.74) is 0.870. The number of benzene rings is 1. The zero-order chi connectivity index (χ0) is 18.0. The third-order valence-electron chi connectivity index (χ3n) is 6.70. The number of nitrogens with one attached hydrogen (secondary N) is 1. The van der Waals surface area contributed by atoms with E-state index in [1.165, 1.54) is 5.56 Å².